The molecule has 0 aliphatic rings. The van der Waals surface area contributed by atoms with Gasteiger partial charge >= 0.3 is 0 Å². The predicted molar refractivity (Wildman–Crippen MR) is 141 cm³/mol. The van der Waals surface area contributed by atoms with Gasteiger partial charge in [-0.05, 0) is 23.6 Å². The van der Waals surface area contributed by atoms with Crippen LogP contribution in [0, 0.1) is 6.92 Å². The molecule has 0 unspecified atom stereocenters. The first-order valence-corrected chi connectivity index (χ1v) is 12.0. The van der Waals surface area contributed by atoms with Crippen molar-refractivity contribution in [3.05, 3.63) is 132 Å². The summed E-state index contributed by atoms with van der Waals surface area (Å²) >= 11 is 1.50. The van der Waals surface area contributed by atoms with Crippen LogP contribution in [-0.2, 0) is 4.79 Å². The number of aryl methyl sites for hydroxylation is 1. The van der Waals surface area contributed by atoms with E-state index in [0.29, 0.717) is 5.13 Å². The molecule has 4 heteroatoms. The Morgan fingerprint density at radius 2 is 1.24 bits per heavy atom. The minimum absolute atomic E-state index is 0.0961. The van der Waals surface area contributed by atoms with Crippen LogP contribution in [0.1, 0.15) is 22.6 Å². The van der Waals surface area contributed by atoms with Gasteiger partial charge in [0, 0.05) is 5.56 Å². The Morgan fingerprint density at radius 3 is 1.79 bits per heavy atom. The summed E-state index contributed by atoms with van der Waals surface area (Å²) in [4.78, 5) is 19.5. The number of amides is 1. The second-order valence-corrected chi connectivity index (χ2v) is 9.17. The van der Waals surface area contributed by atoms with Crippen LogP contribution in [0.15, 0.2) is 115 Å². The van der Waals surface area contributed by atoms with Crippen LogP contribution >= 0.6 is 11.3 Å². The maximum absolute atomic E-state index is 13.6. The standard InChI is InChI=1S/C30H24N2OS/c1-21-17-19-24(20-18-21)27-28(25-15-9-4-10-16-25)34-30(31-27)32-29(33)26(22-11-5-2-6-12-22)23-13-7-3-8-14-23/h2-20,26H,1H3,(H,31,32,33). The third-order valence-corrected chi connectivity index (χ3v) is 6.77. The lowest BCUT2D eigenvalue weighted by Gasteiger charge is -2.17. The van der Waals surface area contributed by atoms with Gasteiger partial charge in [-0.3, -0.25) is 4.79 Å². The zero-order valence-electron chi connectivity index (χ0n) is 18.8. The molecule has 1 heterocycles. The number of hydrogen-bond acceptors (Lipinski definition) is 3. The number of rotatable bonds is 6. The van der Waals surface area contributed by atoms with Gasteiger partial charge in [-0.25, -0.2) is 4.98 Å². The van der Waals surface area contributed by atoms with Gasteiger partial charge in [0.25, 0.3) is 0 Å². The number of nitrogens with zero attached hydrogens (tertiary/aromatic N) is 1. The van der Waals surface area contributed by atoms with E-state index < -0.39 is 5.92 Å². The van der Waals surface area contributed by atoms with Gasteiger partial charge in [0.15, 0.2) is 5.13 Å². The third-order valence-electron chi connectivity index (χ3n) is 5.75. The van der Waals surface area contributed by atoms with Crippen LogP contribution in [0.3, 0.4) is 0 Å². The summed E-state index contributed by atoms with van der Waals surface area (Å²) in [6.07, 6.45) is 0. The third kappa shape index (κ3) is 4.68. The summed E-state index contributed by atoms with van der Waals surface area (Å²) in [5, 5.41) is 3.71. The molecule has 1 N–H and O–H groups in total. The quantitative estimate of drug-likeness (QED) is 0.284. The zero-order valence-corrected chi connectivity index (χ0v) is 19.6. The predicted octanol–water partition coefficient (Wildman–Crippen LogP) is 7.56. The van der Waals surface area contributed by atoms with Crippen molar-refractivity contribution >= 4 is 22.4 Å². The highest BCUT2D eigenvalue weighted by atomic mass is 32.1. The number of nitrogens with one attached hydrogen (secondary N) is 1. The highest BCUT2D eigenvalue weighted by Crippen LogP contribution is 2.39. The highest BCUT2D eigenvalue weighted by Gasteiger charge is 2.24. The highest BCUT2D eigenvalue weighted by molar-refractivity contribution is 7.19. The second kappa shape index (κ2) is 9.86. The topological polar surface area (TPSA) is 42.0 Å². The fraction of sp³-hybridized carbons (Fsp3) is 0.0667. The molecule has 34 heavy (non-hydrogen) atoms. The van der Waals surface area contributed by atoms with Crippen LogP contribution in [0.25, 0.3) is 21.7 Å². The van der Waals surface area contributed by atoms with Gasteiger partial charge < -0.3 is 5.32 Å². The molecule has 166 valence electrons. The molecule has 0 saturated carbocycles. The Bertz CT molecular complexity index is 1340. The number of hydrogen-bond donors (Lipinski definition) is 1. The lowest BCUT2D eigenvalue weighted by molar-refractivity contribution is -0.116. The Labute approximate surface area is 203 Å². The van der Waals surface area contributed by atoms with E-state index in [1.165, 1.54) is 16.9 Å². The molecule has 0 atom stereocenters. The molecule has 0 spiro atoms. The molecular weight excluding hydrogens is 436 g/mol. The molecule has 1 amide bonds. The van der Waals surface area contributed by atoms with Crippen molar-refractivity contribution < 1.29 is 4.79 Å². The molecule has 0 saturated heterocycles. The molecule has 4 aromatic carbocycles. The maximum atomic E-state index is 13.6. The molecule has 0 aliphatic carbocycles. The van der Waals surface area contributed by atoms with Crippen LogP contribution < -0.4 is 5.32 Å². The SMILES string of the molecule is Cc1ccc(-c2nc(NC(=O)C(c3ccccc3)c3ccccc3)sc2-c2ccccc2)cc1. The van der Waals surface area contributed by atoms with E-state index in [4.69, 9.17) is 4.98 Å². The minimum atomic E-state index is -0.422. The van der Waals surface area contributed by atoms with Crippen molar-refractivity contribution in [3.63, 3.8) is 0 Å². The van der Waals surface area contributed by atoms with Gasteiger partial charge in [-0.1, -0.05) is 132 Å². The van der Waals surface area contributed by atoms with Gasteiger partial charge in [0.05, 0.1) is 16.5 Å². The molecule has 0 fully saturated rings. The lowest BCUT2D eigenvalue weighted by atomic mass is 9.90. The van der Waals surface area contributed by atoms with Crippen molar-refractivity contribution in [1.29, 1.82) is 0 Å². The largest absolute Gasteiger partial charge is 0.301 e. The van der Waals surface area contributed by atoms with Crippen molar-refractivity contribution in [2.75, 3.05) is 5.32 Å². The Kier molecular flexibility index (Phi) is 6.32. The van der Waals surface area contributed by atoms with Crippen molar-refractivity contribution in [2.45, 2.75) is 12.8 Å². The fourth-order valence-corrected chi connectivity index (χ4v) is 5.03. The maximum Gasteiger partial charge on any atom is 0.238 e. The zero-order chi connectivity index (χ0) is 23.3. The van der Waals surface area contributed by atoms with Gasteiger partial charge in [-0.15, -0.1) is 0 Å². The number of thiazole rings is 1. The van der Waals surface area contributed by atoms with Crippen molar-refractivity contribution in [3.8, 4) is 21.7 Å². The summed E-state index contributed by atoms with van der Waals surface area (Å²) in [7, 11) is 0. The average Bonchev–Trinajstić information content (AvgIpc) is 3.30. The Morgan fingerprint density at radius 1 is 0.706 bits per heavy atom. The summed E-state index contributed by atoms with van der Waals surface area (Å²) in [5.74, 6) is -0.518. The molecule has 0 bridgehead atoms. The number of carbonyl (C=O) groups is 1. The number of anilines is 1. The Balaban J connectivity index is 1.53. The van der Waals surface area contributed by atoms with E-state index in [-0.39, 0.29) is 5.91 Å². The smallest absolute Gasteiger partial charge is 0.238 e. The van der Waals surface area contributed by atoms with Crippen LogP contribution in [0.4, 0.5) is 5.13 Å². The first-order valence-electron chi connectivity index (χ1n) is 11.2. The van der Waals surface area contributed by atoms with E-state index in [1.54, 1.807) is 0 Å². The summed E-state index contributed by atoms with van der Waals surface area (Å²) in [5.41, 5.74) is 6.09. The first-order chi connectivity index (χ1) is 16.7. The van der Waals surface area contributed by atoms with Gasteiger partial charge in [0.1, 0.15) is 0 Å². The van der Waals surface area contributed by atoms with E-state index in [1.807, 2.05) is 78.9 Å². The molecule has 5 rings (SSSR count). The summed E-state index contributed by atoms with van der Waals surface area (Å²) in [6, 6.07) is 38.3. The summed E-state index contributed by atoms with van der Waals surface area (Å²) in [6.45, 7) is 2.07. The van der Waals surface area contributed by atoms with Crippen LogP contribution in [0.5, 0.6) is 0 Å². The molecule has 0 radical (unpaired) electrons. The van der Waals surface area contributed by atoms with Crippen LogP contribution in [-0.4, -0.2) is 10.9 Å². The minimum Gasteiger partial charge on any atom is -0.301 e. The molecule has 3 nitrogen and oxygen atoms in total. The molecule has 5 aromatic rings. The second-order valence-electron chi connectivity index (χ2n) is 8.17. The fourth-order valence-electron chi connectivity index (χ4n) is 4.03. The first kappa shape index (κ1) is 21.8. The monoisotopic (exact) mass is 460 g/mol. The molecule has 0 aliphatic heterocycles. The van der Waals surface area contributed by atoms with E-state index in [2.05, 4.69) is 48.6 Å². The van der Waals surface area contributed by atoms with Crippen molar-refractivity contribution in [1.82, 2.24) is 4.98 Å². The van der Waals surface area contributed by atoms with E-state index >= 15 is 0 Å². The van der Waals surface area contributed by atoms with E-state index in [0.717, 1.165) is 32.8 Å². The normalized spacial score (nSPS) is 10.9. The number of carbonyl (C=O) groups excluding carboxylic acids is 1. The molecular formula is C30H24N2OS. The summed E-state index contributed by atoms with van der Waals surface area (Å²) < 4.78 is 0. The molecule has 1 aromatic heterocycles. The lowest BCUT2D eigenvalue weighted by Crippen LogP contribution is -2.22. The number of aromatic nitrogens is 1. The van der Waals surface area contributed by atoms with E-state index in [9.17, 15) is 4.79 Å². The Hall–Kier alpha value is -4.02. The average molecular weight is 461 g/mol. The van der Waals surface area contributed by atoms with Gasteiger partial charge in [0.2, 0.25) is 5.91 Å². The number of benzene rings is 4. The van der Waals surface area contributed by atoms with Gasteiger partial charge in [-0.2, -0.15) is 0 Å². The van der Waals surface area contributed by atoms with Crippen molar-refractivity contribution in [2.24, 2.45) is 0 Å². The van der Waals surface area contributed by atoms with Crippen LogP contribution in [0.2, 0.25) is 0 Å².